The van der Waals surface area contributed by atoms with E-state index in [1.54, 1.807) is 6.92 Å². The maximum absolute atomic E-state index is 13.8. The molecule has 0 bridgehead atoms. The summed E-state index contributed by atoms with van der Waals surface area (Å²) in [7, 11) is 0. The molecule has 0 atom stereocenters. The number of aromatic nitrogens is 1. The van der Waals surface area contributed by atoms with Gasteiger partial charge in [0, 0.05) is 23.1 Å². The van der Waals surface area contributed by atoms with Gasteiger partial charge >= 0.3 is 5.97 Å². The van der Waals surface area contributed by atoms with Crippen LogP contribution in [0.25, 0.3) is 10.9 Å². The lowest BCUT2D eigenvalue weighted by Crippen LogP contribution is -2.20. The monoisotopic (exact) mass is 319 g/mol. The van der Waals surface area contributed by atoms with Gasteiger partial charge in [-0.15, -0.1) is 0 Å². The van der Waals surface area contributed by atoms with Crippen LogP contribution in [0.5, 0.6) is 5.75 Å². The number of rotatable bonds is 3. The molecule has 1 aromatic heterocycles. The summed E-state index contributed by atoms with van der Waals surface area (Å²) < 4.78 is 15.2. The van der Waals surface area contributed by atoms with Crippen molar-refractivity contribution < 1.29 is 24.2 Å². The minimum Gasteiger partial charge on any atom is -0.505 e. The van der Waals surface area contributed by atoms with Gasteiger partial charge in [0.2, 0.25) is 5.91 Å². The minimum absolute atomic E-state index is 0.112. The van der Waals surface area contributed by atoms with Crippen molar-refractivity contribution in [3.63, 3.8) is 0 Å². The summed E-state index contributed by atoms with van der Waals surface area (Å²) in [5.41, 5.74) is 1.27. The Bertz CT molecular complexity index is 803. The molecule has 122 valence electrons. The maximum atomic E-state index is 13.8. The molecule has 0 saturated heterocycles. The van der Waals surface area contributed by atoms with Crippen molar-refractivity contribution in [2.75, 3.05) is 0 Å². The zero-order valence-corrected chi connectivity index (χ0v) is 12.8. The summed E-state index contributed by atoms with van der Waals surface area (Å²) in [5.74, 6) is -2.64. The third-order valence-corrected chi connectivity index (χ3v) is 4.66. The molecular formula is C17H18FNO4. The quantitative estimate of drug-likeness (QED) is 0.910. The Labute approximate surface area is 132 Å². The Hall–Kier alpha value is -2.37. The fourth-order valence-electron chi connectivity index (χ4n) is 3.50. The summed E-state index contributed by atoms with van der Waals surface area (Å²) in [5, 5.41) is 19.1. The summed E-state index contributed by atoms with van der Waals surface area (Å²) in [4.78, 5) is 23.9. The number of aliphatic carboxylic acids is 1. The number of hydrogen-bond donors (Lipinski definition) is 2. The third-order valence-electron chi connectivity index (χ3n) is 4.66. The van der Waals surface area contributed by atoms with Crippen LogP contribution in [0, 0.1) is 18.7 Å². The predicted octanol–water partition coefficient (Wildman–Crippen LogP) is 3.25. The van der Waals surface area contributed by atoms with Gasteiger partial charge in [0.1, 0.15) is 0 Å². The van der Waals surface area contributed by atoms with Crippen LogP contribution in [0.15, 0.2) is 12.1 Å². The fraction of sp³-hybridized carbons (Fsp3) is 0.412. The van der Waals surface area contributed by atoms with Gasteiger partial charge < -0.3 is 10.2 Å². The molecule has 0 spiro atoms. The molecule has 0 aliphatic heterocycles. The fourth-order valence-corrected chi connectivity index (χ4v) is 3.50. The molecule has 0 radical (unpaired) electrons. The average Bonchev–Trinajstić information content (AvgIpc) is 3.09. The molecule has 1 fully saturated rings. The van der Waals surface area contributed by atoms with Crippen LogP contribution in [0.2, 0.25) is 0 Å². The van der Waals surface area contributed by atoms with Crippen molar-refractivity contribution in [2.45, 2.75) is 39.0 Å². The molecule has 1 heterocycles. The standard InChI is InChI=1S/C17H18FNO4/c1-9-11(7-16(21)22)12-6-15(20)13(18)8-14(12)19(9)17(23)10-4-2-3-5-10/h6,8,10,20H,2-5,7H2,1H3,(H,21,22). The number of phenolic OH excluding ortho intramolecular Hbond substituents is 1. The minimum atomic E-state index is -1.04. The van der Waals surface area contributed by atoms with Crippen molar-refractivity contribution in [3.05, 3.63) is 29.2 Å². The van der Waals surface area contributed by atoms with Crippen molar-refractivity contribution in [1.29, 1.82) is 0 Å². The van der Waals surface area contributed by atoms with Gasteiger partial charge in [-0.05, 0) is 31.4 Å². The first-order valence-electron chi connectivity index (χ1n) is 7.68. The van der Waals surface area contributed by atoms with E-state index in [9.17, 15) is 19.1 Å². The van der Waals surface area contributed by atoms with Gasteiger partial charge in [-0.1, -0.05) is 12.8 Å². The highest BCUT2D eigenvalue weighted by Crippen LogP contribution is 2.34. The molecule has 6 heteroatoms. The number of carboxylic acids is 1. The number of phenols is 1. The van der Waals surface area contributed by atoms with E-state index in [4.69, 9.17) is 5.11 Å². The molecule has 1 aliphatic carbocycles. The SMILES string of the molecule is Cc1c(CC(=O)O)c2cc(O)c(F)cc2n1C(=O)C1CCCC1. The Morgan fingerprint density at radius 3 is 2.57 bits per heavy atom. The highest BCUT2D eigenvalue weighted by Gasteiger charge is 2.28. The normalized spacial score (nSPS) is 15.4. The highest BCUT2D eigenvalue weighted by atomic mass is 19.1. The second-order valence-corrected chi connectivity index (χ2v) is 6.11. The van der Waals surface area contributed by atoms with Gasteiger partial charge in [0.25, 0.3) is 0 Å². The Morgan fingerprint density at radius 2 is 1.96 bits per heavy atom. The number of aromatic hydroxyl groups is 1. The molecular weight excluding hydrogens is 301 g/mol. The molecule has 0 unspecified atom stereocenters. The number of nitrogens with zero attached hydrogens (tertiary/aromatic N) is 1. The zero-order valence-electron chi connectivity index (χ0n) is 12.8. The van der Waals surface area contributed by atoms with E-state index < -0.39 is 17.5 Å². The summed E-state index contributed by atoms with van der Waals surface area (Å²) in [6.07, 6.45) is 3.30. The van der Waals surface area contributed by atoms with Crippen LogP contribution < -0.4 is 0 Å². The topological polar surface area (TPSA) is 79.5 Å². The molecule has 5 nitrogen and oxygen atoms in total. The van der Waals surface area contributed by atoms with Gasteiger partial charge in [-0.3, -0.25) is 14.2 Å². The largest absolute Gasteiger partial charge is 0.505 e. The molecule has 0 amide bonds. The highest BCUT2D eigenvalue weighted by molar-refractivity contribution is 5.98. The molecule has 23 heavy (non-hydrogen) atoms. The van der Waals surface area contributed by atoms with Crippen LogP contribution >= 0.6 is 0 Å². The number of benzene rings is 1. The number of hydrogen-bond acceptors (Lipinski definition) is 3. The summed E-state index contributed by atoms with van der Waals surface area (Å²) in [6.45, 7) is 1.67. The van der Waals surface area contributed by atoms with Crippen LogP contribution in [0.4, 0.5) is 4.39 Å². The lowest BCUT2D eigenvalue weighted by molar-refractivity contribution is -0.136. The van der Waals surface area contributed by atoms with E-state index in [1.165, 1.54) is 10.6 Å². The molecule has 1 aromatic carbocycles. The predicted molar refractivity (Wildman–Crippen MR) is 82.2 cm³/mol. The van der Waals surface area contributed by atoms with E-state index in [0.29, 0.717) is 22.2 Å². The third kappa shape index (κ3) is 2.58. The second-order valence-electron chi connectivity index (χ2n) is 6.11. The number of carbonyl (C=O) groups is 2. The first-order valence-corrected chi connectivity index (χ1v) is 7.68. The first-order chi connectivity index (χ1) is 10.9. The van der Waals surface area contributed by atoms with Crippen molar-refractivity contribution in [1.82, 2.24) is 4.57 Å². The van der Waals surface area contributed by atoms with Crippen LogP contribution in [-0.4, -0.2) is 26.7 Å². The molecule has 3 rings (SSSR count). The van der Waals surface area contributed by atoms with E-state index in [2.05, 4.69) is 0 Å². The zero-order chi connectivity index (χ0) is 16.7. The average molecular weight is 319 g/mol. The molecule has 1 saturated carbocycles. The Balaban J connectivity index is 2.23. The van der Waals surface area contributed by atoms with Crippen molar-refractivity contribution >= 4 is 22.8 Å². The number of carboxylic acid groups (broad SMARTS) is 1. The number of fused-ring (bicyclic) bond motifs is 1. The first kappa shape index (κ1) is 15.5. The van der Waals surface area contributed by atoms with Gasteiger partial charge in [-0.2, -0.15) is 0 Å². The molecule has 2 N–H and O–H groups in total. The number of carbonyl (C=O) groups excluding carboxylic acids is 1. The molecule has 2 aromatic rings. The van der Waals surface area contributed by atoms with Gasteiger partial charge in [0.05, 0.1) is 11.9 Å². The maximum Gasteiger partial charge on any atom is 0.307 e. The smallest absolute Gasteiger partial charge is 0.307 e. The van der Waals surface area contributed by atoms with Crippen LogP contribution in [-0.2, 0) is 11.2 Å². The Morgan fingerprint density at radius 1 is 1.30 bits per heavy atom. The van der Waals surface area contributed by atoms with Crippen molar-refractivity contribution in [3.8, 4) is 5.75 Å². The van der Waals surface area contributed by atoms with Crippen LogP contribution in [0.1, 0.15) is 41.7 Å². The second kappa shape index (κ2) is 5.68. The van der Waals surface area contributed by atoms with E-state index in [0.717, 1.165) is 31.7 Å². The van der Waals surface area contributed by atoms with Gasteiger partial charge in [-0.25, -0.2) is 4.39 Å². The van der Waals surface area contributed by atoms with Gasteiger partial charge in [0.15, 0.2) is 11.6 Å². The molecule has 1 aliphatic rings. The van der Waals surface area contributed by atoms with Crippen molar-refractivity contribution in [2.24, 2.45) is 5.92 Å². The van der Waals surface area contributed by atoms with E-state index >= 15 is 0 Å². The van der Waals surface area contributed by atoms with E-state index in [1.807, 2.05) is 0 Å². The summed E-state index contributed by atoms with van der Waals surface area (Å²) in [6, 6.07) is 2.31. The lowest BCUT2D eigenvalue weighted by Gasteiger charge is -2.12. The lowest BCUT2D eigenvalue weighted by atomic mass is 10.1. The van der Waals surface area contributed by atoms with E-state index in [-0.39, 0.29) is 18.2 Å². The summed E-state index contributed by atoms with van der Waals surface area (Å²) >= 11 is 0. The van der Waals surface area contributed by atoms with Crippen LogP contribution in [0.3, 0.4) is 0 Å². The Kier molecular flexibility index (Phi) is 3.83. The number of halogens is 1.